The third-order valence-corrected chi connectivity index (χ3v) is 9.32. The SMILES string of the molecule is C[S@](=O)[C@H]1CCCC[C@]1(O)CSc1nc(-c2cccs2)cc(-c2ccccc2)c1C#N. The molecule has 0 saturated heterocycles. The van der Waals surface area contributed by atoms with Crippen molar-refractivity contribution in [3.63, 3.8) is 0 Å². The van der Waals surface area contributed by atoms with E-state index in [-0.39, 0.29) is 5.25 Å². The number of aromatic nitrogens is 1. The van der Waals surface area contributed by atoms with Crippen LogP contribution in [0.3, 0.4) is 0 Å². The molecule has 1 fully saturated rings. The fourth-order valence-corrected chi connectivity index (χ4v) is 7.46. The van der Waals surface area contributed by atoms with Crippen molar-refractivity contribution in [2.45, 2.75) is 41.6 Å². The van der Waals surface area contributed by atoms with Gasteiger partial charge in [-0.15, -0.1) is 23.1 Å². The molecule has 1 aromatic carbocycles. The van der Waals surface area contributed by atoms with E-state index in [0.717, 1.165) is 41.0 Å². The number of thiophene rings is 1. The zero-order chi connectivity index (χ0) is 21.8. The molecule has 160 valence electrons. The Kier molecular flexibility index (Phi) is 6.92. The van der Waals surface area contributed by atoms with E-state index in [9.17, 15) is 14.6 Å². The van der Waals surface area contributed by atoms with E-state index in [1.165, 1.54) is 11.8 Å². The molecule has 0 spiro atoms. The lowest BCUT2D eigenvalue weighted by atomic mass is 9.86. The second kappa shape index (κ2) is 9.66. The van der Waals surface area contributed by atoms with Gasteiger partial charge in [0.15, 0.2) is 0 Å². The number of aliphatic hydroxyl groups is 1. The van der Waals surface area contributed by atoms with Crippen LogP contribution in [0.15, 0.2) is 58.9 Å². The van der Waals surface area contributed by atoms with Crippen LogP contribution in [0.5, 0.6) is 0 Å². The van der Waals surface area contributed by atoms with Crippen molar-refractivity contribution in [3.05, 3.63) is 59.5 Å². The normalized spacial score (nSPS) is 22.0. The van der Waals surface area contributed by atoms with Crippen LogP contribution >= 0.6 is 23.1 Å². The van der Waals surface area contributed by atoms with Gasteiger partial charge in [-0.2, -0.15) is 5.26 Å². The molecule has 2 heterocycles. The summed E-state index contributed by atoms with van der Waals surface area (Å²) in [5, 5.41) is 23.7. The van der Waals surface area contributed by atoms with Crippen molar-refractivity contribution < 1.29 is 9.32 Å². The smallest absolute Gasteiger partial charge is 0.115 e. The first kappa shape index (κ1) is 22.2. The van der Waals surface area contributed by atoms with Crippen LogP contribution in [0.25, 0.3) is 21.7 Å². The quantitative estimate of drug-likeness (QED) is 0.484. The van der Waals surface area contributed by atoms with Gasteiger partial charge in [-0.3, -0.25) is 4.21 Å². The number of nitrogens with zero attached hydrogens (tertiary/aromatic N) is 2. The summed E-state index contributed by atoms with van der Waals surface area (Å²) in [6.07, 6.45) is 4.99. The first-order valence-corrected chi connectivity index (χ1v) is 13.7. The molecular formula is C24H24N2O2S3. The summed E-state index contributed by atoms with van der Waals surface area (Å²) in [6.45, 7) is 0. The fourth-order valence-electron chi connectivity index (χ4n) is 4.15. The largest absolute Gasteiger partial charge is 0.388 e. The van der Waals surface area contributed by atoms with Gasteiger partial charge in [0.2, 0.25) is 0 Å². The average molecular weight is 469 g/mol. The van der Waals surface area contributed by atoms with Crippen LogP contribution < -0.4 is 0 Å². The maximum Gasteiger partial charge on any atom is 0.115 e. The number of pyridine rings is 1. The van der Waals surface area contributed by atoms with Gasteiger partial charge in [0.05, 0.1) is 27.0 Å². The molecule has 4 rings (SSSR count). The number of rotatable bonds is 6. The van der Waals surface area contributed by atoms with Gasteiger partial charge < -0.3 is 5.11 Å². The second-order valence-electron chi connectivity index (χ2n) is 7.82. The topological polar surface area (TPSA) is 74.0 Å². The lowest BCUT2D eigenvalue weighted by molar-refractivity contribution is 0.0326. The molecule has 7 heteroatoms. The molecule has 3 aromatic rings. The van der Waals surface area contributed by atoms with Gasteiger partial charge in [0.25, 0.3) is 0 Å². The molecule has 1 N–H and O–H groups in total. The molecule has 0 radical (unpaired) electrons. The Morgan fingerprint density at radius 3 is 2.77 bits per heavy atom. The second-order valence-corrected chi connectivity index (χ2v) is 11.3. The Morgan fingerprint density at radius 1 is 1.29 bits per heavy atom. The molecule has 1 saturated carbocycles. The highest BCUT2D eigenvalue weighted by atomic mass is 32.2. The first-order chi connectivity index (χ1) is 15.0. The van der Waals surface area contributed by atoms with Crippen LogP contribution in [-0.2, 0) is 10.8 Å². The van der Waals surface area contributed by atoms with E-state index >= 15 is 0 Å². The summed E-state index contributed by atoms with van der Waals surface area (Å²) in [5.74, 6) is 0.376. The van der Waals surface area contributed by atoms with Gasteiger partial charge in [0.1, 0.15) is 11.1 Å². The van der Waals surface area contributed by atoms with Crippen LogP contribution in [0.4, 0.5) is 0 Å². The van der Waals surface area contributed by atoms with Gasteiger partial charge in [0, 0.05) is 28.4 Å². The average Bonchev–Trinajstić information content (AvgIpc) is 3.33. The summed E-state index contributed by atoms with van der Waals surface area (Å²) in [7, 11) is -1.10. The minimum absolute atomic E-state index is 0.242. The predicted octanol–water partition coefficient (Wildman–Crippen LogP) is 5.49. The molecule has 4 nitrogen and oxygen atoms in total. The Balaban J connectivity index is 1.75. The highest BCUT2D eigenvalue weighted by molar-refractivity contribution is 7.99. The predicted molar refractivity (Wildman–Crippen MR) is 130 cm³/mol. The van der Waals surface area contributed by atoms with Crippen molar-refractivity contribution in [2.75, 3.05) is 12.0 Å². The third kappa shape index (κ3) is 4.78. The zero-order valence-corrected chi connectivity index (χ0v) is 19.7. The minimum Gasteiger partial charge on any atom is -0.388 e. The zero-order valence-electron chi connectivity index (χ0n) is 17.3. The van der Waals surface area contributed by atoms with E-state index in [4.69, 9.17) is 4.98 Å². The molecular weight excluding hydrogens is 444 g/mol. The summed E-state index contributed by atoms with van der Waals surface area (Å²) in [6, 6.07) is 18.2. The molecule has 0 unspecified atom stereocenters. The molecule has 1 aliphatic rings. The molecule has 0 bridgehead atoms. The Hall–Kier alpha value is -1.98. The molecule has 0 aliphatic heterocycles. The molecule has 0 amide bonds. The van der Waals surface area contributed by atoms with E-state index in [0.29, 0.717) is 22.8 Å². The molecule has 2 aromatic heterocycles. The number of hydrogen-bond acceptors (Lipinski definition) is 6. The van der Waals surface area contributed by atoms with Crippen molar-refractivity contribution >= 4 is 33.9 Å². The van der Waals surface area contributed by atoms with Crippen LogP contribution in [0.1, 0.15) is 31.2 Å². The van der Waals surface area contributed by atoms with Crippen LogP contribution in [0.2, 0.25) is 0 Å². The fraction of sp³-hybridized carbons (Fsp3) is 0.333. The summed E-state index contributed by atoms with van der Waals surface area (Å²) in [4.78, 5) is 5.86. The van der Waals surface area contributed by atoms with E-state index in [2.05, 4.69) is 6.07 Å². The monoisotopic (exact) mass is 468 g/mol. The first-order valence-electron chi connectivity index (χ1n) is 10.2. The standard InChI is InChI=1S/C24H24N2O2S3/c1-31(28)22-11-5-6-12-24(22,27)16-30-23-19(15-25)18(17-8-3-2-4-9-17)14-20(26-23)21-10-7-13-29-21/h2-4,7-10,13-14,22,27H,5-6,11-12,16H2,1H3/t22-,24-,31-/m0/s1. The van der Waals surface area contributed by atoms with E-state index in [1.807, 2.05) is 53.9 Å². The van der Waals surface area contributed by atoms with Gasteiger partial charge >= 0.3 is 0 Å². The molecule has 3 atom stereocenters. The van der Waals surface area contributed by atoms with Gasteiger partial charge in [-0.05, 0) is 35.9 Å². The Labute approximate surface area is 193 Å². The van der Waals surface area contributed by atoms with Gasteiger partial charge in [-0.1, -0.05) is 49.2 Å². The van der Waals surface area contributed by atoms with Gasteiger partial charge in [-0.25, -0.2) is 4.98 Å². The third-order valence-electron chi connectivity index (χ3n) is 5.74. The summed E-state index contributed by atoms with van der Waals surface area (Å²) >= 11 is 3.01. The van der Waals surface area contributed by atoms with Crippen molar-refractivity contribution in [2.24, 2.45) is 0 Å². The Morgan fingerprint density at radius 2 is 2.10 bits per heavy atom. The van der Waals surface area contributed by atoms with E-state index < -0.39 is 16.4 Å². The van der Waals surface area contributed by atoms with Crippen molar-refractivity contribution in [1.29, 1.82) is 5.26 Å². The van der Waals surface area contributed by atoms with E-state index in [1.54, 1.807) is 17.6 Å². The van der Waals surface area contributed by atoms with Crippen molar-refractivity contribution in [3.8, 4) is 27.8 Å². The minimum atomic E-state index is -1.10. The summed E-state index contributed by atoms with van der Waals surface area (Å²) in [5.41, 5.74) is 2.13. The van der Waals surface area contributed by atoms with Crippen LogP contribution in [-0.4, -0.2) is 37.2 Å². The molecule has 1 aliphatic carbocycles. The number of hydrogen-bond donors (Lipinski definition) is 1. The number of thioether (sulfide) groups is 1. The lowest BCUT2D eigenvalue weighted by Crippen LogP contribution is -2.49. The highest BCUT2D eigenvalue weighted by Gasteiger charge is 2.41. The maximum absolute atomic E-state index is 12.3. The Bertz CT molecular complexity index is 1110. The number of benzene rings is 1. The van der Waals surface area contributed by atoms with Crippen molar-refractivity contribution in [1.82, 2.24) is 4.98 Å². The maximum atomic E-state index is 12.3. The number of nitriles is 1. The summed E-state index contributed by atoms with van der Waals surface area (Å²) < 4.78 is 12.3. The highest BCUT2D eigenvalue weighted by Crippen LogP contribution is 2.39. The lowest BCUT2D eigenvalue weighted by Gasteiger charge is -2.38. The van der Waals surface area contributed by atoms with Crippen LogP contribution in [0, 0.1) is 11.3 Å². The molecule has 31 heavy (non-hydrogen) atoms.